The van der Waals surface area contributed by atoms with E-state index in [1.165, 1.54) is 40.7 Å². The summed E-state index contributed by atoms with van der Waals surface area (Å²) >= 11 is 0. The van der Waals surface area contributed by atoms with Crippen LogP contribution in [0.5, 0.6) is 0 Å². The molecule has 0 spiro atoms. The molecular formula is C28H35N3. The summed E-state index contributed by atoms with van der Waals surface area (Å²) in [5.41, 5.74) is 14.5. The zero-order valence-electron chi connectivity index (χ0n) is 19.5. The number of amidine groups is 1. The molecule has 0 saturated heterocycles. The average Bonchev–Trinajstić information content (AvgIpc) is 3.55. The molecule has 0 radical (unpaired) electrons. The molecule has 3 nitrogen and oxygen atoms in total. The molecule has 1 fully saturated rings. The molecule has 162 valence electrons. The van der Waals surface area contributed by atoms with E-state index >= 15 is 0 Å². The smallest absolute Gasteiger partial charge is 0.123 e. The summed E-state index contributed by atoms with van der Waals surface area (Å²) in [6.07, 6.45) is 15.8. The third-order valence-corrected chi connectivity index (χ3v) is 6.99. The second-order valence-corrected chi connectivity index (χ2v) is 10.1. The summed E-state index contributed by atoms with van der Waals surface area (Å²) in [5.74, 6) is 5.74. The predicted octanol–water partition coefficient (Wildman–Crippen LogP) is 5.22. The lowest BCUT2D eigenvalue weighted by Crippen LogP contribution is -2.30. The van der Waals surface area contributed by atoms with Gasteiger partial charge in [-0.2, -0.15) is 5.10 Å². The van der Waals surface area contributed by atoms with Crippen LogP contribution in [0.2, 0.25) is 0 Å². The second kappa shape index (κ2) is 7.93. The van der Waals surface area contributed by atoms with Gasteiger partial charge in [0.05, 0.1) is 0 Å². The Bertz CT molecular complexity index is 1050. The van der Waals surface area contributed by atoms with Crippen LogP contribution in [-0.4, -0.2) is 5.84 Å². The van der Waals surface area contributed by atoms with Crippen LogP contribution in [0.4, 0.5) is 0 Å². The minimum Gasteiger partial charge on any atom is -0.385 e. The van der Waals surface area contributed by atoms with E-state index in [-0.39, 0.29) is 16.2 Å². The van der Waals surface area contributed by atoms with Gasteiger partial charge in [-0.3, -0.25) is 0 Å². The molecular weight excluding hydrogens is 378 g/mol. The number of hydrogen-bond donors (Lipinski definition) is 2. The van der Waals surface area contributed by atoms with Gasteiger partial charge in [0.1, 0.15) is 5.84 Å². The molecule has 1 saturated carbocycles. The molecule has 2 aliphatic carbocycles. The van der Waals surface area contributed by atoms with Crippen molar-refractivity contribution in [3.05, 3.63) is 81.9 Å². The van der Waals surface area contributed by atoms with E-state index < -0.39 is 0 Å². The van der Waals surface area contributed by atoms with E-state index in [9.17, 15) is 0 Å². The van der Waals surface area contributed by atoms with Crippen molar-refractivity contribution in [2.45, 2.75) is 70.1 Å². The van der Waals surface area contributed by atoms with Crippen molar-refractivity contribution < 1.29 is 0 Å². The van der Waals surface area contributed by atoms with Crippen LogP contribution >= 0.6 is 0 Å². The van der Waals surface area contributed by atoms with Crippen LogP contribution in [0.15, 0.2) is 53.7 Å². The Morgan fingerprint density at radius 1 is 0.903 bits per heavy atom. The topological polar surface area (TPSA) is 64.4 Å². The molecule has 4 N–H and O–H groups in total. The van der Waals surface area contributed by atoms with Crippen molar-refractivity contribution in [2.75, 3.05) is 0 Å². The minimum atomic E-state index is 0.0618. The van der Waals surface area contributed by atoms with Crippen molar-refractivity contribution in [1.82, 2.24) is 0 Å². The maximum Gasteiger partial charge on any atom is 0.123 e. The van der Waals surface area contributed by atoms with Gasteiger partial charge in [0.2, 0.25) is 0 Å². The summed E-state index contributed by atoms with van der Waals surface area (Å²) < 4.78 is 0. The summed E-state index contributed by atoms with van der Waals surface area (Å²) in [5, 5.41) is 3.58. The zero-order valence-corrected chi connectivity index (χ0v) is 19.5. The molecule has 0 unspecified atom stereocenters. The molecule has 0 aliphatic heterocycles. The van der Waals surface area contributed by atoms with E-state index in [4.69, 9.17) is 11.6 Å². The van der Waals surface area contributed by atoms with Crippen molar-refractivity contribution >= 4 is 5.84 Å². The maximum atomic E-state index is 5.78. The normalized spacial score (nSPS) is 19.6. The van der Waals surface area contributed by atoms with Crippen LogP contribution in [-0.2, 0) is 22.7 Å². The molecule has 3 heteroatoms. The summed E-state index contributed by atoms with van der Waals surface area (Å²) in [4.78, 5) is 0. The van der Waals surface area contributed by atoms with Crippen molar-refractivity contribution in [2.24, 2.45) is 16.7 Å². The first-order chi connectivity index (χ1) is 14.6. The number of fused-ring (bicyclic) bond motifs is 1. The Morgan fingerprint density at radius 3 is 1.90 bits per heavy atom. The fourth-order valence-electron chi connectivity index (χ4n) is 4.92. The fraction of sp³-hybridized carbons (Fsp3) is 0.393. The van der Waals surface area contributed by atoms with Gasteiger partial charge in [0.25, 0.3) is 0 Å². The number of allylic oxidation sites excluding steroid dienone is 2. The zero-order chi connectivity index (χ0) is 23.0. The van der Waals surface area contributed by atoms with Crippen LogP contribution in [0.25, 0.3) is 0 Å². The first kappa shape index (κ1) is 22.7. The fourth-order valence-corrected chi connectivity index (χ4v) is 4.92. The number of hydrazone groups is 1. The van der Waals surface area contributed by atoms with Gasteiger partial charge in [0.15, 0.2) is 0 Å². The van der Waals surface area contributed by atoms with Crippen molar-refractivity contribution in [1.29, 1.82) is 0 Å². The Hall–Kier alpha value is -2.99. The largest absolute Gasteiger partial charge is 0.385 e. The molecule has 31 heavy (non-hydrogen) atoms. The quantitative estimate of drug-likeness (QED) is 0.180. The van der Waals surface area contributed by atoms with Crippen molar-refractivity contribution in [3.8, 4) is 12.8 Å². The van der Waals surface area contributed by atoms with Gasteiger partial charge in [-0.05, 0) is 53.1 Å². The van der Waals surface area contributed by atoms with E-state index in [0.717, 1.165) is 5.56 Å². The van der Waals surface area contributed by atoms with Gasteiger partial charge < -0.3 is 11.6 Å². The first-order valence-electron chi connectivity index (χ1n) is 10.9. The Morgan fingerprint density at radius 2 is 1.42 bits per heavy atom. The third kappa shape index (κ3) is 4.00. The highest BCUT2D eigenvalue weighted by Crippen LogP contribution is 2.56. The number of terminal acetylenes is 1. The highest BCUT2D eigenvalue weighted by molar-refractivity contribution is 5.82. The Kier molecular flexibility index (Phi) is 5.80. The SMILES string of the molecule is C#C.Cc1cc2c(cc1C1(c3ccc(C/C(N)=N/N)cc3)CC1)C(C)(C)C=CC2(C)C. The molecule has 0 bridgehead atoms. The Balaban J connectivity index is 0.00000132. The monoisotopic (exact) mass is 413 g/mol. The second-order valence-electron chi connectivity index (χ2n) is 10.1. The van der Waals surface area contributed by atoms with Gasteiger partial charge in [-0.25, -0.2) is 0 Å². The summed E-state index contributed by atoms with van der Waals surface area (Å²) in [7, 11) is 0. The number of hydrogen-bond acceptors (Lipinski definition) is 2. The van der Waals surface area contributed by atoms with Crippen LogP contribution in [0.3, 0.4) is 0 Å². The summed E-state index contributed by atoms with van der Waals surface area (Å²) in [6.45, 7) is 11.6. The number of nitrogens with two attached hydrogens (primary N) is 2. The lowest BCUT2D eigenvalue weighted by molar-refractivity contribution is 0.560. The highest BCUT2D eigenvalue weighted by Gasteiger charge is 2.47. The highest BCUT2D eigenvalue weighted by atomic mass is 15.1. The van der Waals surface area contributed by atoms with E-state index in [2.05, 4.69) is 101 Å². The van der Waals surface area contributed by atoms with Crippen molar-refractivity contribution in [3.63, 3.8) is 0 Å². The van der Waals surface area contributed by atoms with Gasteiger partial charge in [-0.1, -0.05) is 76.2 Å². The molecule has 2 aromatic carbocycles. The van der Waals surface area contributed by atoms with E-state index in [1.54, 1.807) is 0 Å². The predicted molar refractivity (Wildman–Crippen MR) is 132 cm³/mol. The first-order valence-corrected chi connectivity index (χ1v) is 10.9. The van der Waals surface area contributed by atoms with Gasteiger partial charge in [0, 0.05) is 22.7 Å². The summed E-state index contributed by atoms with van der Waals surface area (Å²) in [6, 6.07) is 13.8. The molecule has 2 aromatic rings. The lowest BCUT2D eigenvalue weighted by atomic mass is 9.66. The Labute approximate surface area is 187 Å². The van der Waals surface area contributed by atoms with Gasteiger partial charge in [-0.15, -0.1) is 12.8 Å². The maximum absolute atomic E-state index is 5.78. The minimum absolute atomic E-state index is 0.0618. The number of aryl methyl sites for hydroxylation is 1. The van der Waals surface area contributed by atoms with Crippen LogP contribution in [0.1, 0.15) is 73.9 Å². The van der Waals surface area contributed by atoms with E-state index in [1.807, 2.05) is 0 Å². The third-order valence-electron chi connectivity index (χ3n) is 6.99. The molecule has 0 heterocycles. The standard InChI is InChI=1S/C26H33N3.C2H2/c1-17-14-21-22(25(4,5)11-10-24(21,2)3)16-20(17)26(12-13-26)19-8-6-18(7-9-19)15-23(27)29-28;1-2/h6-11,14,16H,12-13,15,28H2,1-5H3,(H2,27,29);1-2H. The molecule has 0 aromatic heterocycles. The van der Waals surface area contributed by atoms with Gasteiger partial charge >= 0.3 is 0 Å². The average molecular weight is 414 g/mol. The van der Waals surface area contributed by atoms with Crippen LogP contribution in [0, 0.1) is 19.8 Å². The molecule has 4 rings (SSSR count). The lowest BCUT2D eigenvalue weighted by Gasteiger charge is -2.38. The molecule has 0 amide bonds. The number of rotatable bonds is 4. The molecule has 0 atom stereocenters. The molecule has 2 aliphatic rings. The number of nitrogens with zero attached hydrogens (tertiary/aromatic N) is 1. The number of benzene rings is 2. The van der Waals surface area contributed by atoms with E-state index in [0.29, 0.717) is 12.3 Å². The van der Waals surface area contributed by atoms with Crippen LogP contribution < -0.4 is 11.6 Å².